The van der Waals surface area contributed by atoms with E-state index in [2.05, 4.69) is 24.4 Å². The molecule has 204 valence electrons. The maximum atomic E-state index is 12.1. The lowest BCUT2D eigenvalue weighted by molar-refractivity contribution is -0.148. The van der Waals surface area contributed by atoms with E-state index in [1.54, 1.807) is 0 Å². The molecule has 9 nitrogen and oxygen atoms in total. The molecule has 0 aliphatic carbocycles. The van der Waals surface area contributed by atoms with E-state index in [0.29, 0.717) is 6.42 Å². The molecular weight excluding hydrogens is 474 g/mol. The van der Waals surface area contributed by atoms with Crippen LogP contribution in [0, 0.1) is 5.92 Å². The second-order valence-corrected chi connectivity index (χ2v) is 11.0. The number of hydrogen-bond donors (Lipinski definition) is 4. The number of unbranched alkanes of at least 4 members (excludes halogenated alkanes) is 11. The number of carbonyl (C=O) groups is 3. The Balaban J connectivity index is 4.09. The number of carboxylic acids is 2. The number of rotatable bonds is 22. The van der Waals surface area contributed by atoms with Gasteiger partial charge >= 0.3 is 11.9 Å². The molecule has 2 atom stereocenters. The fraction of sp³-hybridized carbons (Fsp3) is 0.800. The highest BCUT2D eigenvalue weighted by Crippen LogP contribution is 2.31. The molecule has 0 aromatic heterocycles. The van der Waals surface area contributed by atoms with Gasteiger partial charge in [-0.1, -0.05) is 77.4 Å². The summed E-state index contributed by atoms with van der Waals surface area (Å²) in [6.45, 7) is 3.01. The number of aliphatic carboxylic acids is 2. The third kappa shape index (κ3) is 13.7. The molecule has 0 spiro atoms. The number of amides is 1. The summed E-state index contributed by atoms with van der Waals surface area (Å²) in [7, 11) is -5.25. The van der Waals surface area contributed by atoms with Gasteiger partial charge in [-0.05, 0) is 32.1 Å². The molecule has 0 saturated heterocycles. The molecule has 0 fully saturated rings. The molecule has 0 aliphatic rings. The molecule has 0 radical (unpaired) electrons. The van der Waals surface area contributed by atoms with Crippen LogP contribution in [0.15, 0.2) is 12.2 Å². The van der Waals surface area contributed by atoms with Crippen molar-refractivity contribution in [3.63, 3.8) is 0 Å². The van der Waals surface area contributed by atoms with Gasteiger partial charge in [0.1, 0.15) is 0 Å². The zero-order valence-corrected chi connectivity index (χ0v) is 22.2. The predicted octanol–water partition coefficient (Wildman–Crippen LogP) is 4.96. The van der Waals surface area contributed by atoms with Crippen molar-refractivity contribution >= 4 is 28.0 Å². The van der Waals surface area contributed by atoms with Crippen LogP contribution in [0.2, 0.25) is 0 Å². The molecule has 4 N–H and O–H groups in total. The van der Waals surface area contributed by atoms with E-state index in [9.17, 15) is 32.5 Å². The van der Waals surface area contributed by atoms with Gasteiger partial charge in [0.05, 0.1) is 6.42 Å². The summed E-state index contributed by atoms with van der Waals surface area (Å²) in [5.41, 5.74) is 0. The van der Waals surface area contributed by atoms with E-state index in [1.165, 1.54) is 51.9 Å². The SMILES string of the molecule is CCCCCCCCC/C=C/CCCCCCC(=O)NCC(C)C(CC(=O)O)(C(=O)O)S(=O)(=O)O. The van der Waals surface area contributed by atoms with Crippen LogP contribution in [0.1, 0.15) is 110 Å². The molecule has 0 aromatic rings. The molecule has 0 heterocycles. The van der Waals surface area contributed by atoms with Gasteiger partial charge < -0.3 is 15.5 Å². The zero-order valence-electron chi connectivity index (χ0n) is 21.3. The average Bonchev–Trinajstić information content (AvgIpc) is 2.77. The summed E-state index contributed by atoms with van der Waals surface area (Å²) in [6, 6.07) is 0. The van der Waals surface area contributed by atoms with Crippen molar-refractivity contribution in [1.29, 1.82) is 0 Å². The van der Waals surface area contributed by atoms with Gasteiger partial charge in [0.2, 0.25) is 10.7 Å². The molecule has 0 aliphatic heterocycles. The van der Waals surface area contributed by atoms with Crippen LogP contribution >= 0.6 is 0 Å². The highest BCUT2D eigenvalue weighted by Gasteiger charge is 2.56. The van der Waals surface area contributed by atoms with E-state index in [-0.39, 0.29) is 18.9 Å². The van der Waals surface area contributed by atoms with E-state index < -0.39 is 39.1 Å². The monoisotopic (exact) mass is 519 g/mol. The Morgan fingerprint density at radius 3 is 1.80 bits per heavy atom. The van der Waals surface area contributed by atoms with Crippen molar-refractivity contribution < 1.29 is 37.6 Å². The van der Waals surface area contributed by atoms with Gasteiger partial charge in [0.25, 0.3) is 10.1 Å². The zero-order chi connectivity index (χ0) is 26.7. The number of allylic oxidation sites excluding steroid dienone is 2. The normalized spacial score (nSPS) is 14.5. The van der Waals surface area contributed by atoms with Crippen molar-refractivity contribution in [2.45, 2.75) is 115 Å². The molecule has 0 saturated carbocycles. The molecule has 0 bridgehead atoms. The standard InChI is InChI=1S/C25H45NO8S/c1-3-4-5-6-7-8-9-10-11-12-13-14-15-16-17-18-22(27)26-20-21(2)25(24(30)31,19-23(28)29)35(32,33)34/h11-12,21H,3-10,13-20H2,1-2H3,(H,26,27)(H,28,29)(H,30,31)(H,32,33,34)/b12-11+. The maximum Gasteiger partial charge on any atom is 0.328 e. The maximum absolute atomic E-state index is 12.1. The van der Waals surface area contributed by atoms with Gasteiger partial charge in [-0.2, -0.15) is 8.42 Å². The summed E-state index contributed by atoms with van der Waals surface area (Å²) >= 11 is 0. The Morgan fingerprint density at radius 2 is 1.34 bits per heavy atom. The first-order valence-electron chi connectivity index (χ1n) is 12.8. The second-order valence-electron chi connectivity index (χ2n) is 9.28. The highest BCUT2D eigenvalue weighted by atomic mass is 32.2. The lowest BCUT2D eigenvalue weighted by Crippen LogP contribution is -2.55. The van der Waals surface area contributed by atoms with Gasteiger partial charge in [-0.15, -0.1) is 0 Å². The number of nitrogens with one attached hydrogen (secondary N) is 1. The minimum absolute atomic E-state index is 0.200. The minimum atomic E-state index is -5.25. The number of hydrogen-bond acceptors (Lipinski definition) is 5. The highest BCUT2D eigenvalue weighted by molar-refractivity contribution is 7.88. The van der Waals surface area contributed by atoms with Gasteiger partial charge in [0.15, 0.2) is 0 Å². The third-order valence-corrected chi connectivity index (χ3v) is 7.95. The smallest absolute Gasteiger partial charge is 0.328 e. The predicted molar refractivity (Wildman–Crippen MR) is 136 cm³/mol. The Morgan fingerprint density at radius 1 is 0.857 bits per heavy atom. The molecular formula is C25H45NO8S. The van der Waals surface area contributed by atoms with Crippen molar-refractivity contribution in [1.82, 2.24) is 5.32 Å². The Hall–Kier alpha value is -1.94. The van der Waals surface area contributed by atoms with Crippen molar-refractivity contribution in [2.75, 3.05) is 6.54 Å². The van der Waals surface area contributed by atoms with Crippen LogP contribution in [-0.2, 0) is 24.5 Å². The first kappa shape index (κ1) is 33.1. The molecule has 2 unspecified atom stereocenters. The van der Waals surface area contributed by atoms with Gasteiger partial charge in [-0.25, -0.2) is 0 Å². The topological polar surface area (TPSA) is 158 Å². The van der Waals surface area contributed by atoms with Crippen LogP contribution in [0.5, 0.6) is 0 Å². The molecule has 35 heavy (non-hydrogen) atoms. The number of carbonyl (C=O) groups excluding carboxylic acids is 1. The summed E-state index contributed by atoms with van der Waals surface area (Å²) in [6.07, 6.45) is 18.2. The fourth-order valence-electron chi connectivity index (χ4n) is 4.02. The Labute approximate surface area is 210 Å². The van der Waals surface area contributed by atoms with Crippen molar-refractivity contribution in [3.05, 3.63) is 12.2 Å². The van der Waals surface area contributed by atoms with E-state index in [4.69, 9.17) is 5.11 Å². The molecule has 0 rings (SSSR count). The van der Waals surface area contributed by atoms with Crippen LogP contribution in [0.25, 0.3) is 0 Å². The largest absolute Gasteiger partial charge is 0.481 e. The number of carboxylic acid groups (broad SMARTS) is 2. The Bertz CT molecular complexity index is 765. The van der Waals surface area contributed by atoms with Crippen LogP contribution < -0.4 is 5.32 Å². The van der Waals surface area contributed by atoms with E-state index >= 15 is 0 Å². The van der Waals surface area contributed by atoms with Gasteiger partial charge in [-0.3, -0.25) is 18.9 Å². The molecule has 1 amide bonds. The average molecular weight is 520 g/mol. The van der Waals surface area contributed by atoms with Crippen LogP contribution in [-0.4, -0.2) is 52.3 Å². The van der Waals surface area contributed by atoms with Crippen molar-refractivity contribution in [3.8, 4) is 0 Å². The fourth-order valence-corrected chi connectivity index (χ4v) is 5.14. The van der Waals surface area contributed by atoms with E-state index in [0.717, 1.165) is 32.1 Å². The molecule has 10 heteroatoms. The minimum Gasteiger partial charge on any atom is -0.481 e. The van der Waals surface area contributed by atoms with E-state index in [1.807, 2.05) is 0 Å². The lowest BCUT2D eigenvalue weighted by atomic mass is 9.89. The van der Waals surface area contributed by atoms with Gasteiger partial charge in [0, 0.05) is 18.9 Å². The van der Waals surface area contributed by atoms with Crippen LogP contribution in [0.3, 0.4) is 0 Å². The quantitative estimate of drug-likeness (QED) is 0.0887. The Kier molecular flexibility index (Phi) is 17.3. The second kappa shape index (κ2) is 18.3. The summed E-state index contributed by atoms with van der Waals surface area (Å²) in [5, 5.41) is 20.8. The first-order valence-corrected chi connectivity index (χ1v) is 14.3. The first-order chi connectivity index (χ1) is 16.5. The summed E-state index contributed by atoms with van der Waals surface area (Å²) in [4.78, 5) is 34.7. The third-order valence-electron chi connectivity index (χ3n) is 6.30. The van der Waals surface area contributed by atoms with Crippen molar-refractivity contribution in [2.24, 2.45) is 5.92 Å². The summed E-state index contributed by atoms with van der Waals surface area (Å²) in [5.74, 6) is -5.39. The van der Waals surface area contributed by atoms with Crippen LogP contribution in [0.4, 0.5) is 0 Å². The summed E-state index contributed by atoms with van der Waals surface area (Å²) < 4.78 is 30.0. The molecule has 0 aromatic carbocycles. The lowest BCUT2D eigenvalue weighted by Gasteiger charge is -2.30.